The highest BCUT2D eigenvalue weighted by Gasteiger charge is 2.19. The molecule has 5 nitrogen and oxygen atoms in total. The van der Waals surface area contributed by atoms with Gasteiger partial charge in [-0.05, 0) is 30.5 Å². The molecule has 26 heavy (non-hydrogen) atoms. The lowest BCUT2D eigenvalue weighted by Gasteiger charge is -2.21. The fourth-order valence-electron chi connectivity index (χ4n) is 2.96. The number of aromatic nitrogens is 3. The minimum absolute atomic E-state index is 0.0838. The van der Waals surface area contributed by atoms with Gasteiger partial charge < -0.3 is 9.47 Å². The molecule has 0 aliphatic rings. The zero-order chi connectivity index (χ0) is 17.9. The Morgan fingerprint density at radius 1 is 1.23 bits per heavy atom. The molecule has 3 heterocycles. The summed E-state index contributed by atoms with van der Waals surface area (Å²) in [7, 11) is 0. The Bertz CT molecular complexity index is 1010. The average molecular weight is 383 g/mol. The summed E-state index contributed by atoms with van der Waals surface area (Å²) in [5.74, 6) is 0.827. The van der Waals surface area contributed by atoms with Crippen molar-refractivity contribution in [2.45, 2.75) is 20.0 Å². The van der Waals surface area contributed by atoms with E-state index >= 15 is 0 Å². The van der Waals surface area contributed by atoms with Crippen molar-refractivity contribution in [3.8, 4) is 11.5 Å². The van der Waals surface area contributed by atoms with Gasteiger partial charge in [-0.15, -0.1) is 22.7 Å². The van der Waals surface area contributed by atoms with Gasteiger partial charge in [0.25, 0.3) is 0 Å². The second kappa shape index (κ2) is 7.39. The van der Waals surface area contributed by atoms with E-state index in [1.807, 2.05) is 57.5 Å². The molecule has 4 aromatic rings. The van der Waals surface area contributed by atoms with Crippen LogP contribution in [0, 0.1) is 0 Å². The van der Waals surface area contributed by atoms with E-state index in [4.69, 9.17) is 4.98 Å². The molecular weight excluding hydrogens is 364 g/mol. The van der Waals surface area contributed by atoms with Crippen LogP contribution in [0.4, 0.5) is 0 Å². The molecule has 0 saturated heterocycles. The molecule has 0 saturated carbocycles. The predicted octanol–water partition coefficient (Wildman–Crippen LogP) is 4.27. The van der Waals surface area contributed by atoms with Crippen molar-refractivity contribution in [1.29, 1.82) is 0 Å². The summed E-state index contributed by atoms with van der Waals surface area (Å²) < 4.78 is 1.98. The topological polar surface area (TPSA) is 51.0 Å². The zero-order valence-electron chi connectivity index (χ0n) is 14.3. The van der Waals surface area contributed by atoms with Crippen LogP contribution in [0.15, 0.2) is 52.7 Å². The lowest BCUT2D eigenvalue weighted by atomic mass is 10.3. The summed E-state index contributed by atoms with van der Waals surface area (Å²) in [4.78, 5) is 25.2. The van der Waals surface area contributed by atoms with Crippen molar-refractivity contribution in [3.63, 3.8) is 0 Å². The summed E-state index contributed by atoms with van der Waals surface area (Å²) in [5, 5.41) is 4.00. The van der Waals surface area contributed by atoms with Gasteiger partial charge in [0.05, 0.1) is 23.1 Å². The first-order chi connectivity index (χ1) is 12.8. The first-order valence-electron chi connectivity index (χ1n) is 8.40. The summed E-state index contributed by atoms with van der Waals surface area (Å²) >= 11 is 3.20. The van der Waals surface area contributed by atoms with Crippen molar-refractivity contribution in [1.82, 2.24) is 19.4 Å². The highest BCUT2D eigenvalue weighted by atomic mass is 32.1. The number of hydrogen-bond acceptors (Lipinski definition) is 5. The molecule has 1 amide bonds. The van der Waals surface area contributed by atoms with Crippen molar-refractivity contribution in [2.75, 3.05) is 6.54 Å². The highest BCUT2D eigenvalue weighted by molar-refractivity contribution is 7.09. The normalized spacial score (nSPS) is 11.1. The van der Waals surface area contributed by atoms with Crippen LogP contribution in [-0.2, 0) is 17.9 Å². The van der Waals surface area contributed by atoms with Gasteiger partial charge in [-0.25, -0.2) is 9.97 Å². The van der Waals surface area contributed by atoms with Crippen LogP contribution in [-0.4, -0.2) is 31.9 Å². The summed E-state index contributed by atoms with van der Waals surface area (Å²) in [5.41, 5.74) is 4.43. The van der Waals surface area contributed by atoms with Gasteiger partial charge in [0, 0.05) is 16.8 Å². The number of carbonyl (C=O) groups is 1. The lowest BCUT2D eigenvalue weighted by Crippen LogP contribution is -2.33. The fourth-order valence-corrected chi connectivity index (χ4v) is 4.21. The molecule has 3 aromatic heterocycles. The first kappa shape index (κ1) is 16.9. The molecule has 0 spiro atoms. The SMILES string of the molecule is CCN(Cc1cccs1)C(=O)Cn1c(-c2cscn2)nc2ccccc21. The van der Waals surface area contributed by atoms with Crippen molar-refractivity contribution >= 4 is 39.6 Å². The molecule has 0 radical (unpaired) electrons. The minimum Gasteiger partial charge on any atom is -0.336 e. The monoisotopic (exact) mass is 382 g/mol. The smallest absolute Gasteiger partial charge is 0.242 e. The van der Waals surface area contributed by atoms with Crippen LogP contribution >= 0.6 is 22.7 Å². The number of likely N-dealkylation sites (N-methyl/N-ethyl adjacent to an activating group) is 1. The molecule has 7 heteroatoms. The van der Waals surface area contributed by atoms with E-state index in [1.165, 1.54) is 16.2 Å². The number of amides is 1. The van der Waals surface area contributed by atoms with Gasteiger partial charge in [0.2, 0.25) is 5.91 Å². The maximum atomic E-state index is 13.0. The Morgan fingerprint density at radius 3 is 2.85 bits per heavy atom. The molecule has 0 unspecified atom stereocenters. The number of thiazole rings is 1. The summed E-state index contributed by atoms with van der Waals surface area (Å²) in [6.07, 6.45) is 0. The molecule has 4 rings (SSSR count). The number of carbonyl (C=O) groups excluding carboxylic acids is 1. The molecule has 132 valence electrons. The van der Waals surface area contributed by atoms with E-state index in [9.17, 15) is 4.79 Å². The van der Waals surface area contributed by atoms with E-state index in [2.05, 4.69) is 11.1 Å². The minimum atomic E-state index is 0.0838. The van der Waals surface area contributed by atoms with E-state index in [1.54, 1.807) is 16.8 Å². The Hall–Kier alpha value is -2.51. The third-order valence-corrected chi connectivity index (χ3v) is 5.72. The van der Waals surface area contributed by atoms with Crippen molar-refractivity contribution in [3.05, 3.63) is 57.5 Å². The largest absolute Gasteiger partial charge is 0.336 e. The number of nitrogens with zero attached hydrogens (tertiary/aromatic N) is 4. The number of rotatable bonds is 6. The highest BCUT2D eigenvalue weighted by Crippen LogP contribution is 2.25. The van der Waals surface area contributed by atoms with Crippen molar-refractivity contribution in [2.24, 2.45) is 0 Å². The zero-order valence-corrected chi connectivity index (χ0v) is 16.0. The first-order valence-corrected chi connectivity index (χ1v) is 10.2. The third-order valence-electron chi connectivity index (χ3n) is 4.27. The number of fused-ring (bicyclic) bond motifs is 1. The quantitative estimate of drug-likeness (QED) is 0.500. The van der Waals surface area contributed by atoms with Gasteiger partial charge in [-0.3, -0.25) is 4.79 Å². The van der Waals surface area contributed by atoms with Crippen LogP contribution in [0.3, 0.4) is 0 Å². The van der Waals surface area contributed by atoms with Gasteiger partial charge >= 0.3 is 0 Å². The average Bonchev–Trinajstić information content (AvgIpc) is 3.41. The van der Waals surface area contributed by atoms with Crippen LogP contribution in [0.5, 0.6) is 0 Å². The Morgan fingerprint density at radius 2 is 2.12 bits per heavy atom. The van der Waals surface area contributed by atoms with Gasteiger partial charge in [-0.1, -0.05) is 18.2 Å². The standard InChI is InChI=1S/C19H18N4OS2/c1-2-22(10-14-6-5-9-26-14)18(24)11-23-17-8-4-3-7-15(17)21-19(23)16-12-25-13-20-16/h3-9,12-13H,2,10-11H2,1H3. The third kappa shape index (κ3) is 3.27. The molecular formula is C19H18N4OS2. The summed E-state index contributed by atoms with van der Waals surface area (Å²) in [6.45, 7) is 3.59. The number of imidazole rings is 1. The fraction of sp³-hybridized carbons (Fsp3) is 0.211. The van der Waals surface area contributed by atoms with Crippen LogP contribution in [0.25, 0.3) is 22.6 Å². The number of hydrogen-bond donors (Lipinski definition) is 0. The second-order valence-corrected chi connectivity index (χ2v) is 7.62. The molecule has 0 aliphatic carbocycles. The number of thiophene rings is 1. The predicted molar refractivity (Wildman–Crippen MR) is 106 cm³/mol. The molecule has 0 aliphatic heterocycles. The van der Waals surface area contributed by atoms with E-state index in [-0.39, 0.29) is 12.5 Å². The number of para-hydroxylation sites is 2. The number of benzene rings is 1. The van der Waals surface area contributed by atoms with Crippen LogP contribution in [0.2, 0.25) is 0 Å². The molecule has 0 N–H and O–H groups in total. The van der Waals surface area contributed by atoms with E-state index < -0.39 is 0 Å². The van der Waals surface area contributed by atoms with Crippen LogP contribution in [0.1, 0.15) is 11.8 Å². The second-order valence-electron chi connectivity index (χ2n) is 5.87. The lowest BCUT2D eigenvalue weighted by molar-refractivity contribution is -0.132. The molecule has 0 bridgehead atoms. The Balaban J connectivity index is 1.67. The maximum absolute atomic E-state index is 13.0. The molecule has 0 atom stereocenters. The Kier molecular flexibility index (Phi) is 4.81. The van der Waals surface area contributed by atoms with Gasteiger partial charge in [-0.2, -0.15) is 0 Å². The molecule has 1 aromatic carbocycles. The summed E-state index contributed by atoms with van der Waals surface area (Å²) in [6, 6.07) is 12.0. The van der Waals surface area contributed by atoms with Crippen molar-refractivity contribution < 1.29 is 4.79 Å². The van der Waals surface area contributed by atoms with Gasteiger partial charge in [0.1, 0.15) is 12.2 Å². The maximum Gasteiger partial charge on any atom is 0.242 e. The Labute approximate surface area is 159 Å². The molecule has 0 fully saturated rings. The van der Waals surface area contributed by atoms with E-state index in [0.717, 1.165) is 22.6 Å². The van der Waals surface area contributed by atoms with Crippen LogP contribution < -0.4 is 0 Å². The van der Waals surface area contributed by atoms with E-state index in [0.29, 0.717) is 13.1 Å². The van der Waals surface area contributed by atoms with Gasteiger partial charge in [0.15, 0.2) is 5.82 Å².